The predicted octanol–water partition coefficient (Wildman–Crippen LogP) is 11.6. The van der Waals surface area contributed by atoms with Gasteiger partial charge in [0.15, 0.2) is 0 Å². The maximum Gasteiger partial charge on any atom is -0.00607 e. The molecule has 2 fully saturated rings. The van der Waals surface area contributed by atoms with Crippen LogP contribution >= 0.6 is 16.5 Å². The van der Waals surface area contributed by atoms with E-state index in [-0.39, 0.29) is 7.92 Å². The van der Waals surface area contributed by atoms with E-state index in [2.05, 4.69) is 105 Å². The van der Waals surface area contributed by atoms with Crippen molar-refractivity contribution in [3.8, 4) is 11.1 Å². The first kappa shape index (κ1) is 29.2. The average Bonchev–Trinajstić information content (AvgIpc) is 3.07. The molecule has 7 rings (SSSR count). The molecular formula is C41H46P2. The first-order chi connectivity index (χ1) is 21.2. The molecule has 5 aromatic carbocycles. The maximum absolute atomic E-state index is 2.54. The zero-order chi connectivity index (χ0) is 29.2. The van der Waals surface area contributed by atoms with Gasteiger partial charge in [-0.25, -0.2) is 0 Å². The minimum absolute atomic E-state index is 0.0340. The third kappa shape index (κ3) is 5.96. The maximum atomic E-state index is 2.54. The van der Waals surface area contributed by atoms with Crippen LogP contribution in [0, 0.1) is 13.8 Å². The van der Waals surface area contributed by atoms with E-state index in [1.54, 1.807) is 5.56 Å². The Morgan fingerprint density at radius 1 is 0.558 bits per heavy atom. The van der Waals surface area contributed by atoms with E-state index in [4.69, 9.17) is 0 Å². The van der Waals surface area contributed by atoms with E-state index < -0.39 is 0 Å². The standard InChI is InChI=1S/C41H46P2/c1-29-30(2)41(42-33-17-6-3-7-18-33)38-25-15-14-24-37(38)39(29)40-32(27-26-31-16-12-13-23-36(31)40)28-43(34-19-8-4-9-20-34)35-21-10-5-11-22-35/h3,6-7,12-18,23-27,34-35,42H,4-5,8-11,19-22,28H2,1-2H3. The molecule has 0 aromatic heterocycles. The summed E-state index contributed by atoms with van der Waals surface area (Å²) in [7, 11) is 0.629. The second-order valence-electron chi connectivity index (χ2n) is 13.1. The lowest BCUT2D eigenvalue weighted by Gasteiger charge is -2.39. The molecule has 2 aliphatic rings. The van der Waals surface area contributed by atoms with Gasteiger partial charge in [0.05, 0.1) is 0 Å². The lowest BCUT2D eigenvalue weighted by atomic mass is 9.86. The van der Waals surface area contributed by atoms with E-state index in [9.17, 15) is 0 Å². The van der Waals surface area contributed by atoms with Gasteiger partial charge in [0.1, 0.15) is 0 Å². The predicted molar refractivity (Wildman–Crippen MR) is 195 cm³/mol. The van der Waals surface area contributed by atoms with Crippen molar-refractivity contribution in [2.75, 3.05) is 0 Å². The molecule has 0 spiro atoms. The smallest absolute Gasteiger partial charge is 0.00607 e. The first-order valence-electron chi connectivity index (χ1n) is 16.8. The average molecular weight is 601 g/mol. The van der Waals surface area contributed by atoms with Gasteiger partial charge < -0.3 is 0 Å². The van der Waals surface area contributed by atoms with Crippen LogP contribution in [0.25, 0.3) is 32.7 Å². The highest BCUT2D eigenvalue weighted by Gasteiger charge is 2.32. The fourth-order valence-electron chi connectivity index (χ4n) is 8.17. The van der Waals surface area contributed by atoms with Crippen LogP contribution in [-0.2, 0) is 6.16 Å². The summed E-state index contributed by atoms with van der Waals surface area (Å²) in [5.74, 6) is 0. The van der Waals surface area contributed by atoms with Crippen molar-refractivity contribution >= 4 is 48.7 Å². The number of rotatable bonds is 7. The monoisotopic (exact) mass is 600 g/mol. The van der Waals surface area contributed by atoms with Crippen molar-refractivity contribution in [2.45, 2.75) is 95.5 Å². The Bertz CT molecular complexity index is 1690. The number of hydrogen-bond acceptors (Lipinski definition) is 0. The number of fused-ring (bicyclic) bond motifs is 2. The van der Waals surface area contributed by atoms with Crippen LogP contribution in [0.2, 0.25) is 0 Å². The minimum Gasteiger partial charge on any atom is -0.0958 e. The lowest BCUT2D eigenvalue weighted by molar-refractivity contribution is 0.484. The van der Waals surface area contributed by atoms with Crippen molar-refractivity contribution in [1.82, 2.24) is 0 Å². The first-order valence-corrected chi connectivity index (χ1v) is 19.5. The van der Waals surface area contributed by atoms with Gasteiger partial charge in [-0.15, -0.1) is 0 Å². The van der Waals surface area contributed by atoms with Gasteiger partial charge in [0, 0.05) is 0 Å². The summed E-state index contributed by atoms with van der Waals surface area (Å²) in [5.41, 5.74) is 9.49. The molecule has 0 nitrogen and oxygen atoms in total. The molecule has 0 bridgehead atoms. The molecular weight excluding hydrogens is 554 g/mol. The van der Waals surface area contributed by atoms with Crippen LogP contribution in [0.1, 0.15) is 80.9 Å². The normalized spacial score (nSPS) is 17.1. The second-order valence-corrected chi connectivity index (χ2v) is 17.2. The third-order valence-electron chi connectivity index (χ3n) is 10.5. The Morgan fingerprint density at radius 2 is 1.14 bits per heavy atom. The molecule has 2 heteroatoms. The number of hydrogen-bond donors (Lipinski definition) is 0. The molecule has 0 aliphatic heterocycles. The van der Waals surface area contributed by atoms with Crippen LogP contribution < -0.4 is 10.6 Å². The molecule has 0 N–H and O–H groups in total. The highest BCUT2D eigenvalue weighted by atomic mass is 31.1. The molecule has 0 heterocycles. The van der Waals surface area contributed by atoms with E-state index in [0.29, 0.717) is 8.58 Å². The molecule has 1 atom stereocenters. The van der Waals surface area contributed by atoms with Crippen molar-refractivity contribution in [3.63, 3.8) is 0 Å². The Labute approximate surface area is 262 Å². The van der Waals surface area contributed by atoms with Gasteiger partial charge in [0.25, 0.3) is 0 Å². The Kier molecular flexibility index (Phi) is 8.98. The van der Waals surface area contributed by atoms with Crippen molar-refractivity contribution in [1.29, 1.82) is 0 Å². The van der Waals surface area contributed by atoms with Crippen LogP contribution in [0.5, 0.6) is 0 Å². The molecule has 2 saturated carbocycles. The lowest BCUT2D eigenvalue weighted by Crippen LogP contribution is -2.21. The quantitative estimate of drug-likeness (QED) is 0.163. The molecule has 0 saturated heterocycles. The summed E-state index contributed by atoms with van der Waals surface area (Å²) in [6, 6.07) is 34.5. The second kappa shape index (κ2) is 13.2. The highest BCUT2D eigenvalue weighted by Crippen LogP contribution is 2.59. The van der Waals surface area contributed by atoms with Crippen molar-refractivity contribution in [3.05, 3.63) is 108 Å². The van der Waals surface area contributed by atoms with E-state index >= 15 is 0 Å². The van der Waals surface area contributed by atoms with Crippen LogP contribution in [0.3, 0.4) is 0 Å². The molecule has 43 heavy (non-hydrogen) atoms. The van der Waals surface area contributed by atoms with Gasteiger partial charge in [-0.2, -0.15) is 0 Å². The Hall–Kier alpha value is -2.52. The largest absolute Gasteiger partial charge is 0.0958 e. The zero-order valence-electron chi connectivity index (χ0n) is 26.0. The minimum atomic E-state index is -0.0340. The number of benzene rings is 5. The molecule has 1 unspecified atom stereocenters. The van der Waals surface area contributed by atoms with Gasteiger partial charge in [-0.1, -0.05) is 146 Å². The Balaban J connectivity index is 1.42. The van der Waals surface area contributed by atoms with Gasteiger partial charge in [-0.3, -0.25) is 0 Å². The summed E-state index contributed by atoms with van der Waals surface area (Å²) in [6.07, 6.45) is 15.9. The van der Waals surface area contributed by atoms with E-state index in [0.717, 1.165) is 11.3 Å². The topological polar surface area (TPSA) is 0 Å². The molecule has 220 valence electrons. The molecule has 2 aliphatic carbocycles. The summed E-state index contributed by atoms with van der Waals surface area (Å²) < 4.78 is 0. The molecule has 0 radical (unpaired) electrons. The van der Waals surface area contributed by atoms with Crippen molar-refractivity contribution in [2.24, 2.45) is 0 Å². The van der Waals surface area contributed by atoms with E-state index in [1.807, 2.05) is 0 Å². The third-order valence-corrected chi connectivity index (χ3v) is 15.7. The fraction of sp³-hybridized carbons (Fsp3) is 0.366. The van der Waals surface area contributed by atoms with Crippen molar-refractivity contribution < 1.29 is 0 Å². The highest BCUT2D eigenvalue weighted by molar-refractivity contribution is 7.58. The zero-order valence-corrected chi connectivity index (χ0v) is 27.9. The van der Waals surface area contributed by atoms with Crippen LogP contribution in [0.15, 0.2) is 91.0 Å². The molecule has 0 amide bonds. The van der Waals surface area contributed by atoms with Crippen LogP contribution in [0.4, 0.5) is 0 Å². The fourth-order valence-corrected chi connectivity index (χ4v) is 13.4. The Morgan fingerprint density at radius 3 is 1.81 bits per heavy atom. The summed E-state index contributed by atoms with van der Waals surface area (Å²) >= 11 is 0. The van der Waals surface area contributed by atoms with Crippen LogP contribution in [-0.4, -0.2) is 11.3 Å². The van der Waals surface area contributed by atoms with Gasteiger partial charge in [0.2, 0.25) is 0 Å². The van der Waals surface area contributed by atoms with E-state index in [1.165, 1.54) is 125 Å². The molecule has 5 aromatic rings. The SMILES string of the molecule is Cc1c(C)c(-c2c(CP(C3CCCCC3)C3CCCCC3)ccc3ccccc23)c2ccccc2c1Pc1ccccc1. The summed E-state index contributed by atoms with van der Waals surface area (Å²) in [5, 5.41) is 8.60. The van der Waals surface area contributed by atoms with Gasteiger partial charge in [-0.05, 0) is 117 Å². The summed E-state index contributed by atoms with van der Waals surface area (Å²) in [4.78, 5) is 0. The van der Waals surface area contributed by atoms with Gasteiger partial charge >= 0.3 is 0 Å². The summed E-state index contributed by atoms with van der Waals surface area (Å²) in [6.45, 7) is 4.80.